The second kappa shape index (κ2) is 6.58. The SMILES string of the molecule is O=S1CCN(CC2(CS)CCCCCC2)CC1. The Labute approximate surface area is 113 Å². The second-order valence-electron chi connectivity index (χ2n) is 5.70. The highest BCUT2D eigenvalue weighted by Crippen LogP contribution is 2.37. The fraction of sp³-hybridized carbons (Fsp3) is 1.00. The summed E-state index contributed by atoms with van der Waals surface area (Å²) in [4.78, 5) is 2.53. The van der Waals surface area contributed by atoms with Crippen LogP contribution in [0, 0.1) is 5.41 Å². The molecule has 17 heavy (non-hydrogen) atoms. The molecular formula is C13H25NOS2. The van der Waals surface area contributed by atoms with Gasteiger partial charge in [-0.15, -0.1) is 0 Å². The van der Waals surface area contributed by atoms with Gasteiger partial charge in [0.1, 0.15) is 0 Å². The van der Waals surface area contributed by atoms with E-state index in [9.17, 15) is 4.21 Å². The molecule has 0 aromatic heterocycles. The van der Waals surface area contributed by atoms with Gasteiger partial charge in [-0.1, -0.05) is 25.7 Å². The summed E-state index contributed by atoms with van der Waals surface area (Å²) >= 11 is 4.63. The second-order valence-corrected chi connectivity index (χ2v) is 7.71. The third kappa shape index (κ3) is 3.97. The van der Waals surface area contributed by atoms with Gasteiger partial charge in [0, 0.05) is 41.9 Å². The average Bonchev–Trinajstić information content (AvgIpc) is 2.58. The quantitative estimate of drug-likeness (QED) is 0.630. The third-order valence-corrected chi connectivity index (χ3v) is 6.28. The van der Waals surface area contributed by atoms with E-state index in [2.05, 4.69) is 17.5 Å². The van der Waals surface area contributed by atoms with Gasteiger partial charge in [0.15, 0.2) is 0 Å². The Balaban J connectivity index is 1.91. The van der Waals surface area contributed by atoms with Crippen LogP contribution in [0.4, 0.5) is 0 Å². The molecule has 0 radical (unpaired) electrons. The highest BCUT2D eigenvalue weighted by molar-refractivity contribution is 7.85. The van der Waals surface area contributed by atoms with Crippen LogP contribution < -0.4 is 0 Å². The number of rotatable bonds is 3. The van der Waals surface area contributed by atoms with Crippen LogP contribution in [-0.2, 0) is 10.8 Å². The molecule has 2 rings (SSSR count). The first kappa shape index (κ1) is 13.9. The minimum atomic E-state index is -0.547. The lowest BCUT2D eigenvalue weighted by molar-refractivity contribution is 0.160. The van der Waals surface area contributed by atoms with Gasteiger partial charge in [-0.3, -0.25) is 4.21 Å². The zero-order chi connectivity index (χ0) is 12.1. The van der Waals surface area contributed by atoms with Crippen molar-refractivity contribution >= 4 is 23.4 Å². The van der Waals surface area contributed by atoms with Gasteiger partial charge >= 0.3 is 0 Å². The van der Waals surface area contributed by atoms with Gasteiger partial charge in [0.05, 0.1) is 0 Å². The summed E-state index contributed by atoms with van der Waals surface area (Å²) in [6.07, 6.45) is 8.24. The first-order valence-electron chi connectivity index (χ1n) is 6.92. The minimum absolute atomic E-state index is 0.443. The highest BCUT2D eigenvalue weighted by atomic mass is 32.2. The Morgan fingerprint density at radius 2 is 1.65 bits per heavy atom. The lowest BCUT2D eigenvalue weighted by atomic mass is 9.81. The molecule has 0 amide bonds. The van der Waals surface area contributed by atoms with E-state index in [0.717, 1.165) is 30.3 Å². The molecule has 1 saturated heterocycles. The summed E-state index contributed by atoms with van der Waals surface area (Å²) in [6.45, 7) is 3.25. The normalized spacial score (nSPS) is 27.8. The lowest BCUT2D eigenvalue weighted by Gasteiger charge is -2.38. The predicted molar refractivity (Wildman–Crippen MR) is 78.3 cm³/mol. The number of thiol groups is 1. The monoisotopic (exact) mass is 275 g/mol. The maximum absolute atomic E-state index is 11.4. The summed E-state index contributed by atoms with van der Waals surface area (Å²) in [5.74, 6) is 2.78. The molecule has 100 valence electrons. The van der Waals surface area contributed by atoms with Gasteiger partial charge in [-0.2, -0.15) is 12.6 Å². The van der Waals surface area contributed by atoms with Gasteiger partial charge in [-0.25, -0.2) is 0 Å². The van der Waals surface area contributed by atoms with Gasteiger partial charge in [0.2, 0.25) is 0 Å². The van der Waals surface area contributed by atoms with Crippen molar-refractivity contribution in [2.24, 2.45) is 5.41 Å². The summed E-state index contributed by atoms with van der Waals surface area (Å²) in [5.41, 5.74) is 0.443. The number of nitrogens with zero attached hydrogens (tertiary/aromatic N) is 1. The molecule has 0 aromatic carbocycles. The van der Waals surface area contributed by atoms with E-state index in [1.165, 1.54) is 45.1 Å². The Bertz CT molecular complexity index is 252. The van der Waals surface area contributed by atoms with E-state index in [4.69, 9.17) is 0 Å². The van der Waals surface area contributed by atoms with Crippen LogP contribution in [-0.4, -0.2) is 46.0 Å². The number of hydrogen-bond acceptors (Lipinski definition) is 3. The zero-order valence-electron chi connectivity index (χ0n) is 10.7. The lowest BCUT2D eigenvalue weighted by Crippen LogP contribution is -2.45. The van der Waals surface area contributed by atoms with Crippen molar-refractivity contribution in [3.63, 3.8) is 0 Å². The molecular weight excluding hydrogens is 250 g/mol. The minimum Gasteiger partial charge on any atom is -0.301 e. The molecule has 1 aliphatic carbocycles. The molecule has 0 aromatic rings. The average molecular weight is 275 g/mol. The first-order chi connectivity index (χ1) is 8.24. The molecule has 1 saturated carbocycles. The third-order valence-electron chi connectivity index (χ3n) is 4.33. The molecule has 2 aliphatic rings. The summed E-state index contributed by atoms with van der Waals surface area (Å²) < 4.78 is 11.4. The molecule has 0 N–H and O–H groups in total. The Hall–Kier alpha value is 0.460. The van der Waals surface area contributed by atoms with Gasteiger partial charge in [-0.05, 0) is 24.0 Å². The fourth-order valence-electron chi connectivity index (χ4n) is 3.15. The van der Waals surface area contributed by atoms with E-state index < -0.39 is 10.8 Å². The molecule has 0 spiro atoms. The fourth-order valence-corrected chi connectivity index (χ4v) is 4.70. The standard InChI is InChI=1S/C13H25NOS2/c15-17-9-7-14(8-10-17)11-13(12-16)5-3-1-2-4-6-13/h16H,1-12H2. The maximum Gasteiger partial charge on any atom is 0.0363 e. The smallest absolute Gasteiger partial charge is 0.0363 e. The van der Waals surface area contributed by atoms with E-state index in [1.54, 1.807) is 0 Å². The zero-order valence-corrected chi connectivity index (χ0v) is 12.4. The molecule has 0 bridgehead atoms. The number of hydrogen-bond donors (Lipinski definition) is 1. The van der Waals surface area contributed by atoms with Crippen LogP contribution in [0.15, 0.2) is 0 Å². The largest absolute Gasteiger partial charge is 0.301 e. The molecule has 4 heteroatoms. The van der Waals surface area contributed by atoms with E-state index in [1.807, 2.05) is 0 Å². The van der Waals surface area contributed by atoms with Crippen LogP contribution in [0.3, 0.4) is 0 Å². The predicted octanol–water partition coefficient (Wildman–Crippen LogP) is 2.32. The van der Waals surface area contributed by atoms with Crippen LogP contribution >= 0.6 is 12.6 Å². The summed E-state index contributed by atoms with van der Waals surface area (Å²) in [6, 6.07) is 0. The van der Waals surface area contributed by atoms with Crippen molar-refractivity contribution in [3.05, 3.63) is 0 Å². The van der Waals surface area contributed by atoms with Crippen molar-refractivity contribution in [1.82, 2.24) is 4.90 Å². The van der Waals surface area contributed by atoms with Crippen LogP contribution in [0.25, 0.3) is 0 Å². The molecule has 1 heterocycles. The molecule has 1 aliphatic heterocycles. The van der Waals surface area contributed by atoms with Crippen molar-refractivity contribution < 1.29 is 4.21 Å². The first-order valence-corrected chi connectivity index (χ1v) is 9.04. The van der Waals surface area contributed by atoms with E-state index in [0.29, 0.717) is 5.41 Å². The Morgan fingerprint density at radius 1 is 1.06 bits per heavy atom. The van der Waals surface area contributed by atoms with Crippen molar-refractivity contribution in [1.29, 1.82) is 0 Å². The van der Waals surface area contributed by atoms with Crippen LogP contribution in [0.5, 0.6) is 0 Å². The summed E-state index contributed by atoms with van der Waals surface area (Å²) in [5, 5.41) is 0. The van der Waals surface area contributed by atoms with Crippen LogP contribution in [0.1, 0.15) is 38.5 Å². The molecule has 2 nitrogen and oxygen atoms in total. The van der Waals surface area contributed by atoms with E-state index >= 15 is 0 Å². The highest BCUT2D eigenvalue weighted by Gasteiger charge is 2.32. The van der Waals surface area contributed by atoms with E-state index in [-0.39, 0.29) is 0 Å². The van der Waals surface area contributed by atoms with Crippen molar-refractivity contribution in [3.8, 4) is 0 Å². The van der Waals surface area contributed by atoms with Crippen molar-refractivity contribution in [2.45, 2.75) is 38.5 Å². The molecule has 0 atom stereocenters. The van der Waals surface area contributed by atoms with Crippen molar-refractivity contribution in [2.75, 3.05) is 36.9 Å². The Morgan fingerprint density at radius 3 is 2.18 bits per heavy atom. The molecule has 2 fully saturated rings. The molecule has 0 unspecified atom stereocenters. The maximum atomic E-state index is 11.4. The topological polar surface area (TPSA) is 20.3 Å². The van der Waals surface area contributed by atoms with Crippen LogP contribution in [0.2, 0.25) is 0 Å². The Kier molecular flexibility index (Phi) is 5.37. The van der Waals surface area contributed by atoms with Gasteiger partial charge in [0.25, 0.3) is 0 Å². The van der Waals surface area contributed by atoms with Gasteiger partial charge < -0.3 is 4.90 Å². The summed E-state index contributed by atoms with van der Waals surface area (Å²) in [7, 11) is -0.547.